The fourth-order valence-corrected chi connectivity index (χ4v) is 5.31. The SMILES string of the molecule is C=C1NC(=O)C(I)=CN1[C@@H]1O[C@H](COP(=O)(O)CP(=O)(O)O)[C@H](O)C1O. The van der Waals surface area contributed by atoms with E-state index in [4.69, 9.17) is 14.5 Å². The molecule has 1 saturated heterocycles. The minimum Gasteiger partial charge on any atom is -0.387 e. The Balaban J connectivity index is 2.06. The van der Waals surface area contributed by atoms with E-state index in [9.17, 15) is 29.0 Å². The highest BCUT2D eigenvalue weighted by Gasteiger charge is 2.47. The van der Waals surface area contributed by atoms with E-state index in [1.807, 2.05) is 0 Å². The molecule has 0 aromatic rings. The van der Waals surface area contributed by atoms with Gasteiger partial charge >= 0.3 is 15.2 Å². The number of aliphatic hydroxyl groups is 2. The predicted octanol–water partition coefficient (Wildman–Crippen LogP) is -1.05. The van der Waals surface area contributed by atoms with Gasteiger partial charge in [-0.25, -0.2) is 0 Å². The van der Waals surface area contributed by atoms with Crippen LogP contribution in [-0.2, 0) is 23.2 Å². The van der Waals surface area contributed by atoms with Crippen LogP contribution in [0.1, 0.15) is 0 Å². The number of amides is 1. The third kappa shape index (κ3) is 5.35. The lowest BCUT2D eigenvalue weighted by atomic mass is 10.1. The Bertz CT molecular complexity index is 724. The van der Waals surface area contributed by atoms with E-state index in [1.165, 1.54) is 11.1 Å². The first-order valence-corrected chi connectivity index (χ1v) is 11.6. The summed E-state index contributed by atoms with van der Waals surface area (Å²) >= 11 is 1.75. The van der Waals surface area contributed by atoms with Crippen molar-refractivity contribution in [1.82, 2.24) is 10.2 Å². The molecule has 0 aliphatic carbocycles. The number of aliphatic hydroxyl groups excluding tert-OH is 2. The Hall–Kier alpha value is -0.340. The minimum atomic E-state index is -4.79. The number of carbonyl (C=O) groups excluding carboxylic acids is 1. The van der Waals surface area contributed by atoms with Crippen LogP contribution in [0, 0.1) is 0 Å². The molecule has 2 rings (SSSR count). The number of ether oxygens (including phenoxy) is 1. The molecular weight excluding hydrogens is 509 g/mol. The molecule has 0 radical (unpaired) electrons. The molecule has 2 aliphatic heterocycles. The van der Waals surface area contributed by atoms with Crippen LogP contribution in [0.2, 0.25) is 0 Å². The molecule has 148 valence electrons. The molecule has 0 saturated carbocycles. The Morgan fingerprint density at radius 3 is 2.50 bits per heavy atom. The van der Waals surface area contributed by atoms with Crippen molar-refractivity contribution in [2.75, 3.05) is 12.5 Å². The Labute approximate surface area is 161 Å². The normalized spacial score (nSPS) is 32.2. The standard InChI is InChI=1S/C11H17IN2O10P2/c1-5-13-10(17)6(12)2-14(5)11-9(16)8(15)7(24-11)3-23-26(21,22)4-25(18,19)20/h2,7-9,11,15-16H,1,3-4H2,(H,13,17)(H,21,22)(H2,18,19,20)/t7-,8+,9?,11-/m1/s1. The van der Waals surface area contributed by atoms with Crippen molar-refractivity contribution in [2.24, 2.45) is 0 Å². The number of hydrogen-bond acceptors (Lipinski definition) is 8. The highest BCUT2D eigenvalue weighted by atomic mass is 127. The molecule has 2 heterocycles. The lowest BCUT2D eigenvalue weighted by Gasteiger charge is -2.33. The summed E-state index contributed by atoms with van der Waals surface area (Å²) in [5.74, 6) is -1.70. The van der Waals surface area contributed by atoms with Crippen LogP contribution >= 0.6 is 37.8 Å². The molecule has 0 aromatic heterocycles. The zero-order chi connectivity index (χ0) is 19.9. The van der Waals surface area contributed by atoms with Gasteiger partial charge in [-0.3, -0.25) is 13.9 Å². The summed E-state index contributed by atoms with van der Waals surface area (Å²) in [7, 11) is -9.42. The molecule has 1 amide bonds. The van der Waals surface area contributed by atoms with Crippen molar-refractivity contribution in [2.45, 2.75) is 24.5 Å². The molecule has 6 N–H and O–H groups in total. The first-order valence-electron chi connectivity index (χ1n) is 6.99. The van der Waals surface area contributed by atoms with Crippen molar-refractivity contribution in [3.8, 4) is 0 Å². The van der Waals surface area contributed by atoms with Gasteiger partial charge in [-0.1, -0.05) is 6.58 Å². The average Bonchev–Trinajstić information content (AvgIpc) is 2.75. The maximum absolute atomic E-state index is 11.6. The minimum absolute atomic E-state index is 0.0857. The number of carbonyl (C=O) groups is 1. The van der Waals surface area contributed by atoms with E-state index in [-0.39, 0.29) is 9.40 Å². The van der Waals surface area contributed by atoms with E-state index in [0.29, 0.717) is 0 Å². The second kappa shape index (κ2) is 7.95. The van der Waals surface area contributed by atoms with Crippen LogP contribution < -0.4 is 5.32 Å². The molecule has 2 aliphatic rings. The summed E-state index contributed by atoms with van der Waals surface area (Å²) in [6, 6.07) is 0. The highest BCUT2D eigenvalue weighted by Crippen LogP contribution is 2.55. The summed E-state index contributed by atoms with van der Waals surface area (Å²) in [4.78, 5) is 39.7. The topological polar surface area (TPSA) is 186 Å². The van der Waals surface area contributed by atoms with Gasteiger partial charge in [0.1, 0.15) is 24.1 Å². The van der Waals surface area contributed by atoms with E-state index >= 15 is 0 Å². The number of hydrogen-bond donors (Lipinski definition) is 6. The first kappa shape index (κ1) is 22.0. The lowest BCUT2D eigenvalue weighted by molar-refractivity contribution is -0.118. The summed E-state index contributed by atoms with van der Waals surface area (Å²) in [5, 5.41) is 22.6. The van der Waals surface area contributed by atoms with Crippen LogP contribution in [0.15, 0.2) is 22.2 Å². The van der Waals surface area contributed by atoms with Gasteiger partial charge in [0, 0.05) is 6.20 Å². The van der Waals surface area contributed by atoms with Crippen LogP contribution in [0.5, 0.6) is 0 Å². The second-order valence-corrected chi connectivity index (χ2v) is 10.7. The van der Waals surface area contributed by atoms with Crippen molar-refractivity contribution in [3.05, 3.63) is 22.2 Å². The largest absolute Gasteiger partial charge is 0.387 e. The fourth-order valence-electron chi connectivity index (χ4n) is 2.30. The highest BCUT2D eigenvalue weighted by molar-refractivity contribution is 14.1. The first-order chi connectivity index (χ1) is 11.8. The molecule has 2 unspecified atom stereocenters. The van der Waals surface area contributed by atoms with Gasteiger partial charge in [0.05, 0.1) is 10.2 Å². The van der Waals surface area contributed by atoms with E-state index in [1.54, 1.807) is 22.6 Å². The Morgan fingerprint density at radius 2 is 1.92 bits per heavy atom. The quantitative estimate of drug-likeness (QED) is 0.183. The third-order valence-electron chi connectivity index (χ3n) is 3.45. The molecule has 15 heteroatoms. The molecule has 0 spiro atoms. The summed E-state index contributed by atoms with van der Waals surface area (Å²) < 4.78 is 32.8. The van der Waals surface area contributed by atoms with Crippen LogP contribution in [-0.4, -0.2) is 72.8 Å². The number of halogens is 1. The molecular formula is C11H17IN2O10P2. The molecule has 12 nitrogen and oxygen atoms in total. The van der Waals surface area contributed by atoms with Gasteiger partial charge in [0.2, 0.25) is 0 Å². The van der Waals surface area contributed by atoms with E-state index < -0.39 is 58.1 Å². The zero-order valence-corrected chi connectivity index (χ0v) is 17.0. The average molecular weight is 526 g/mol. The lowest BCUT2D eigenvalue weighted by Crippen LogP contribution is -2.47. The monoisotopic (exact) mass is 526 g/mol. The summed E-state index contributed by atoms with van der Waals surface area (Å²) in [5.41, 5.74) is 0. The van der Waals surface area contributed by atoms with Crippen LogP contribution in [0.4, 0.5) is 0 Å². The van der Waals surface area contributed by atoms with Gasteiger partial charge < -0.3 is 44.4 Å². The second-order valence-electron chi connectivity index (χ2n) is 5.57. The molecule has 26 heavy (non-hydrogen) atoms. The van der Waals surface area contributed by atoms with Gasteiger partial charge in [-0.05, 0) is 22.6 Å². The molecule has 1 fully saturated rings. The third-order valence-corrected chi connectivity index (χ3v) is 7.68. The van der Waals surface area contributed by atoms with Crippen LogP contribution in [0.25, 0.3) is 0 Å². The van der Waals surface area contributed by atoms with Crippen molar-refractivity contribution in [3.63, 3.8) is 0 Å². The predicted molar refractivity (Wildman–Crippen MR) is 94.6 cm³/mol. The van der Waals surface area contributed by atoms with Gasteiger partial charge in [-0.15, -0.1) is 0 Å². The van der Waals surface area contributed by atoms with Gasteiger partial charge in [-0.2, -0.15) is 0 Å². The summed E-state index contributed by atoms with van der Waals surface area (Å²) in [6.07, 6.45) is -4.08. The number of nitrogens with one attached hydrogen (secondary N) is 1. The van der Waals surface area contributed by atoms with Crippen molar-refractivity contribution < 1.29 is 48.1 Å². The van der Waals surface area contributed by atoms with E-state index in [0.717, 1.165) is 0 Å². The van der Waals surface area contributed by atoms with Gasteiger partial charge in [0.15, 0.2) is 12.1 Å². The van der Waals surface area contributed by atoms with Crippen molar-refractivity contribution >= 4 is 43.7 Å². The molecule has 5 atom stereocenters. The maximum Gasteiger partial charge on any atom is 0.340 e. The number of rotatable bonds is 6. The zero-order valence-electron chi connectivity index (χ0n) is 13.0. The smallest absolute Gasteiger partial charge is 0.340 e. The molecule has 0 aromatic carbocycles. The Kier molecular flexibility index (Phi) is 6.72. The maximum atomic E-state index is 11.6. The fraction of sp³-hybridized carbons (Fsp3) is 0.545. The van der Waals surface area contributed by atoms with Crippen molar-refractivity contribution in [1.29, 1.82) is 0 Å². The molecule has 0 bridgehead atoms. The van der Waals surface area contributed by atoms with E-state index in [2.05, 4.69) is 16.4 Å². The number of nitrogens with zero attached hydrogens (tertiary/aromatic N) is 1. The van der Waals surface area contributed by atoms with Gasteiger partial charge in [0.25, 0.3) is 5.91 Å². The summed E-state index contributed by atoms with van der Waals surface area (Å²) in [6.45, 7) is 2.91. The van der Waals surface area contributed by atoms with Crippen LogP contribution in [0.3, 0.4) is 0 Å². The Morgan fingerprint density at radius 1 is 1.31 bits per heavy atom.